The van der Waals surface area contributed by atoms with Gasteiger partial charge in [0.1, 0.15) is 0 Å². The van der Waals surface area contributed by atoms with Gasteiger partial charge in [-0.05, 0) is 12.0 Å². The maximum atomic E-state index is 14.4. The first kappa shape index (κ1) is 10.3. The second kappa shape index (κ2) is 3.87. The molecule has 0 radical (unpaired) electrons. The van der Waals surface area contributed by atoms with Crippen molar-refractivity contribution in [2.24, 2.45) is 7.05 Å². The third-order valence-electron chi connectivity index (χ3n) is 3.17. The number of nitrogens with zero attached hydrogens (tertiary/aromatic N) is 2. The predicted molar refractivity (Wildman–Crippen MR) is 64.8 cm³/mol. The molecule has 1 unspecified atom stereocenters. The van der Waals surface area contributed by atoms with E-state index in [0.717, 1.165) is 18.7 Å². The van der Waals surface area contributed by atoms with Crippen molar-refractivity contribution in [1.29, 1.82) is 0 Å². The summed E-state index contributed by atoms with van der Waals surface area (Å²) in [7, 11) is 1.80. The lowest BCUT2D eigenvalue weighted by molar-refractivity contribution is 0.403. The Morgan fingerprint density at radius 3 is 3.12 bits per heavy atom. The number of halogens is 1. The molecule has 1 aliphatic heterocycles. The topological polar surface area (TPSA) is 29.9 Å². The van der Waals surface area contributed by atoms with E-state index in [2.05, 4.69) is 16.5 Å². The van der Waals surface area contributed by atoms with Crippen molar-refractivity contribution >= 4 is 5.69 Å². The second-order valence-corrected chi connectivity index (χ2v) is 4.37. The first-order valence-corrected chi connectivity index (χ1v) is 5.74. The van der Waals surface area contributed by atoms with Crippen molar-refractivity contribution in [1.82, 2.24) is 9.78 Å². The Morgan fingerprint density at radius 1 is 1.47 bits per heavy atom. The van der Waals surface area contributed by atoms with Crippen LogP contribution in [0, 0.1) is 0 Å². The SMILES string of the molecule is Cn1cc(C(F)c2cccc3c2NCC3)cn1. The molecule has 0 bridgehead atoms. The number of hydrogen-bond acceptors (Lipinski definition) is 2. The summed E-state index contributed by atoms with van der Waals surface area (Å²) in [6.45, 7) is 0.895. The third kappa shape index (κ3) is 1.69. The Bertz CT molecular complexity index is 547. The number of hydrogen-bond donors (Lipinski definition) is 1. The first-order chi connectivity index (χ1) is 8.25. The normalized spacial score (nSPS) is 15.4. The molecular weight excluding hydrogens is 217 g/mol. The van der Waals surface area contributed by atoms with Crippen LogP contribution >= 0.6 is 0 Å². The zero-order valence-corrected chi connectivity index (χ0v) is 9.65. The Morgan fingerprint density at radius 2 is 2.35 bits per heavy atom. The van der Waals surface area contributed by atoms with E-state index in [-0.39, 0.29) is 0 Å². The molecule has 0 fully saturated rings. The van der Waals surface area contributed by atoms with Crippen molar-refractivity contribution in [3.63, 3.8) is 0 Å². The molecule has 3 rings (SSSR count). The maximum Gasteiger partial charge on any atom is 0.155 e. The van der Waals surface area contributed by atoms with E-state index in [1.54, 1.807) is 24.1 Å². The summed E-state index contributed by atoms with van der Waals surface area (Å²) in [4.78, 5) is 0. The van der Waals surface area contributed by atoms with Gasteiger partial charge in [0, 0.05) is 36.6 Å². The predicted octanol–water partition coefficient (Wildman–Crippen LogP) is 2.45. The van der Waals surface area contributed by atoms with Gasteiger partial charge in [0.15, 0.2) is 6.17 Å². The Labute approximate surface area is 99.3 Å². The van der Waals surface area contributed by atoms with Crippen molar-refractivity contribution in [2.75, 3.05) is 11.9 Å². The molecule has 17 heavy (non-hydrogen) atoms. The van der Waals surface area contributed by atoms with Crippen LogP contribution in [-0.4, -0.2) is 16.3 Å². The fourth-order valence-corrected chi connectivity index (χ4v) is 2.33. The first-order valence-electron chi connectivity index (χ1n) is 5.74. The molecule has 0 spiro atoms. The van der Waals surface area contributed by atoms with Gasteiger partial charge in [0.05, 0.1) is 6.20 Å². The molecule has 1 aromatic carbocycles. The molecule has 1 atom stereocenters. The molecule has 88 valence electrons. The van der Waals surface area contributed by atoms with E-state index in [9.17, 15) is 4.39 Å². The van der Waals surface area contributed by atoms with E-state index in [0.29, 0.717) is 11.1 Å². The number of anilines is 1. The summed E-state index contributed by atoms with van der Waals surface area (Å²) in [5.74, 6) is 0. The monoisotopic (exact) mass is 231 g/mol. The van der Waals surface area contributed by atoms with Gasteiger partial charge < -0.3 is 5.32 Å². The lowest BCUT2D eigenvalue weighted by Gasteiger charge is -2.11. The van der Waals surface area contributed by atoms with Crippen molar-refractivity contribution in [3.8, 4) is 0 Å². The van der Waals surface area contributed by atoms with Crippen LogP contribution in [0.2, 0.25) is 0 Å². The number of para-hydroxylation sites is 1. The van der Waals surface area contributed by atoms with Crippen LogP contribution in [0.1, 0.15) is 22.9 Å². The zero-order chi connectivity index (χ0) is 11.8. The molecule has 0 saturated carbocycles. The third-order valence-corrected chi connectivity index (χ3v) is 3.17. The number of aromatic nitrogens is 2. The maximum absolute atomic E-state index is 14.4. The molecule has 2 heterocycles. The van der Waals surface area contributed by atoms with Crippen LogP contribution in [-0.2, 0) is 13.5 Å². The van der Waals surface area contributed by atoms with Gasteiger partial charge in [-0.1, -0.05) is 18.2 Å². The van der Waals surface area contributed by atoms with Gasteiger partial charge in [0.25, 0.3) is 0 Å². The summed E-state index contributed by atoms with van der Waals surface area (Å²) in [5, 5.41) is 7.27. The highest BCUT2D eigenvalue weighted by atomic mass is 19.1. The highest BCUT2D eigenvalue weighted by Crippen LogP contribution is 2.35. The molecule has 1 aromatic heterocycles. The van der Waals surface area contributed by atoms with Crippen LogP contribution in [0.4, 0.5) is 10.1 Å². The Hall–Kier alpha value is -1.84. The van der Waals surface area contributed by atoms with Crippen LogP contribution in [0.5, 0.6) is 0 Å². The van der Waals surface area contributed by atoms with Crippen LogP contribution in [0.15, 0.2) is 30.6 Å². The summed E-state index contributed by atoms with van der Waals surface area (Å²) < 4.78 is 16.1. The average Bonchev–Trinajstić information content (AvgIpc) is 2.95. The number of nitrogens with one attached hydrogen (secondary N) is 1. The smallest absolute Gasteiger partial charge is 0.155 e. The van der Waals surface area contributed by atoms with Crippen molar-refractivity contribution < 1.29 is 4.39 Å². The molecule has 4 heteroatoms. The minimum atomic E-state index is -1.11. The number of benzene rings is 1. The number of rotatable bonds is 2. The molecule has 0 aliphatic carbocycles. The average molecular weight is 231 g/mol. The standard InChI is InChI=1S/C13H14FN3/c1-17-8-10(7-16-17)12(14)11-4-2-3-9-5-6-15-13(9)11/h2-4,7-8,12,15H,5-6H2,1H3. The van der Waals surface area contributed by atoms with E-state index < -0.39 is 6.17 Å². The van der Waals surface area contributed by atoms with Gasteiger partial charge in [-0.15, -0.1) is 0 Å². The molecular formula is C13H14FN3. The van der Waals surface area contributed by atoms with E-state index in [4.69, 9.17) is 0 Å². The van der Waals surface area contributed by atoms with E-state index in [1.165, 1.54) is 5.56 Å². The minimum Gasteiger partial charge on any atom is -0.384 e. The van der Waals surface area contributed by atoms with Crippen molar-refractivity contribution in [2.45, 2.75) is 12.6 Å². The Kier molecular flexibility index (Phi) is 2.35. The fourth-order valence-electron chi connectivity index (χ4n) is 2.33. The Balaban J connectivity index is 2.02. The summed E-state index contributed by atoms with van der Waals surface area (Å²) in [5.41, 5.74) is 3.49. The fraction of sp³-hybridized carbons (Fsp3) is 0.308. The minimum absolute atomic E-state index is 0.606. The molecule has 1 aliphatic rings. The highest BCUT2D eigenvalue weighted by molar-refractivity contribution is 5.63. The van der Waals surface area contributed by atoms with Gasteiger partial charge in [-0.2, -0.15) is 5.10 Å². The largest absolute Gasteiger partial charge is 0.384 e. The molecule has 0 amide bonds. The summed E-state index contributed by atoms with van der Waals surface area (Å²) in [6, 6.07) is 5.81. The summed E-state index contributed by atoms with van der Waals surface area (Å²) in [6.07, 6.45) is 3.17. The van der Waals surface area contributed by atoms with Crippen LogP contribution < -0.4 is 5.32 Å². The van der Waals surface area contributed by atoms with Gasteiger partial charge in [0.2, 0.25) is 0 Å². The molecule has 0 saturated heterocycles. The highest BCUT2D eigenvalue weighted by Gasteiger charge is 2.22. The van der Waals surface area contributed by atoms with E-state index >= 15 is 0 Å². The number of fused-ring (bicyclic) bond motifs is 1. The number of alkyl halides is 1. The second-order valence-electron chi connectivity index (χ2n) is 4.37. The molecule has 3 nitrogen and oxygen atoms in total. The zero-order valence-electron chi connectivity index (χ0n) is 9.65. The van der Waals surface area contributed by atoms with Gasteiger partial charge in [-0.25, -0.2) is 4.39 Å². The van der Waals surface area contributed by atoms with Crippen LogP contribution in [0.25, 0.3) is 0 Å². The lowest BCUT2D eigenvalue weighted by atomic mass is 10.0. The van der Waals surface area contributed by atoms with Gasteiger partial charge in [-0.3, -0.25) is 4.68 Å². The quantitative estimate of drug-likeness (QED) is 0.860. The summed E-state index contributed by atoms with van der Waals surface area (Å²) >= 11 is 0. The molecule has 2 aromatic rings. The van der Waals surface area contributed by atoms with E-state index in [1.807, 2.05) is 12.1 Å². The lowest BCUT2D eigenvalue weighted by Crippen LogP contribution is -1.99. The molecule has 1 N–H and O–H groups in total. The van der Waals surface area contributed by atoms with Crippen molar-refractivity contribution in [3.05, 3.63) is 47.3 Å². The van der Waals surface area contributed by atoms with Crippen LogP contribution in [0.3, 0.4) is 0 Å². The number of aryl methyl sites for hydroxylation is 1. The van der Waals surface area contributed by atoms with Gasteiger partial charge >= 0.3 is 0 Å².